The van der Waals surface area contributed by atoms with Gasteiger partial charge in [0.15, 0.2) is 11.5 Å². The highest BCUT2D eigenvalue weighted by atomic mass is 32.2. The lowest BCUT2D eigenvalue weighted by Gasteiger charge is -2.22. The third-order valence-electron chi connectivity index (χ3n) is 4.52. The van der Waals surface area contributed by atoms with E-state index in [1.54, 1.807) is 18.2 Å². The summed E-state index contributed by atoms with van der Waals surface area (Å²) in [5, 5.41) is 2.79. The van der Waals surface area contributed by atoms with Crippen molar-refractivity contribution >= 4 is 27.3 Å². The zero-order chi connectivity index (χ0) is 20.9. The summed E-state index contributed by atoms with van der Waals surface area (Å²) in [4.78, 5) is 14.4. The number of ether oxygens (including phenoxy) is 2. The van der Waals surface area contributed by atoms with Crippen LogP contribution in [0, 0.1) is 0 Å². The molecule has 1 N–H and O–H groups in total. The molecule has 0 spiro atoms. The summed E-state index contributed by atoms with van der Waals surface area (Å²) < 4.78 is 36.0. The molecule has 0 radical (unpaired) electrons. The molecule has 0 aliphatic carbocycles. The van der Waals surface area contributed by atoms with Crippen LogP contribution in [0.5, 0.6) is 11.5 Å². The molecular formula is C20H25N3O5S. The molecule has 2 aromatic rings. The Labute approximate surface area is 171 Å². The van der Waals surface area contributed by atoms with Gasteiger partial charge in [-0.15, -0.1) is 0 Å². The molecule has 9 heteroatoms. The fourth-order valence-electron chi connectivity index (χ4n) is 2.98. The number of anilines is 2. The quantitative estimate of drug-likeness (QED) is 0.624. The fourth-order valence-corrected chi connectivity index (χ4v) is 3.83. The van der Waals surface area contributed by atoms with E-state index < -0.39 is 10.0 Å². The normalized spacial score (nSPS) is 12.5. The first-order chi connectivity index (χ1) is 13.8. The Balaban J connectivity index is 1.53. The summed E-state index contributed by atoms with van der Waals surface area (Å²) in [5.41, 5.74) is 1.46. The van der Waals surface area contributed by atoms with E-state index in [9.17, 15) is 13.2 Å². The summed E-state index contributed by atoms with van der Waals surface area (Å²) >= 11 is 0. The number of carbonyl (C=O) groups excluding carboxylic acids is 1. The Hall–Kier alpha value is -2.94. The van der Waals surface area contributed by atoms with Crippen molar-refractivity contribution in [2.45, 2.75) is 6.42 Å². The molecule has 0 unspecified atom stereocenters. The molecular weight excluding hydrogens is 394 g/mol. The maximum absolute atomic E-state index is 12.3. The van der Waals surface area contributed by atoms with Crippen LogP contribution in [0.2, 0.25) is 0 Å². The van der Waals surface area contributed by atoms with Gasteiger partial charge in [-0.1, -0.05) is 18.2 Å². The van der Waals surface area contributed by atoms with Crippen LogP contribution in [-0.4, -0.2) is 54.1 Å². The largest absolute Gasteiger partial charge is 0.454 e. The van der Waals surface area contributed by atoms with Crippen LogP contribution >= 0.6 is 0 Å². The molecule has 1 aliphatic rings. The second kappa shape index (κ2) is 9.04. The van der Waals surface area contributed by atoms with Crippen molar-refractivity contribution in [3.05, 3.63) is 48.5 Å². The lowest BCUT2D eigenvalue weighted by molar-refractivity contribution is -0.119. The predicted molar refractivity (Wildman–Crippen MR) is 112 cm³/mol. The molecule has 8 nitrogen and oxygen atoms in total. The minimum Gasteiger partial charge on any atom is -0.454 e. The molecule has 3 rings (SSSR count). The molecule has 0 saturated carbocycles. The summed E-state index contributed by atoms with van der Waals surface area (Å²) in [6.45, 7) is 1.01. The Kier molecular flexibility index (Phi) is 6.48. The van der Waals surface area contributed by atoms with Crippen LogP contribution in [0.4, 0.5) is 11.4 Å². The van der Waals surface area contributed by atoms with Gasteiger partial charge in [-0.25, -0.2) is 8.42 Å². The zero-order valence-corrected chi connectivity index (χ0v) is 17.3. The van der Waals surface area contributed by atoms with Crippen molar-refractivity contribution in [1.82, 2.24) is 5.32 Å². The minimum atomic E-state index is -3.64. The molecule has 2 aromatic carbocycles. The van der Waals surface area contributed by atoms with Crippen molar-refractivity contribution in [3.8, 4) is 11.5 Å². The standard InChI is InChI=1S/C20H25N3O5S/c1-22(16-7-4-3-5-8-16)12-6-11-21-20(24)14-23(29(2,25)26)17-9-10-18-19(13-17)28-15-27-18/h3-5,7-10,13H,6,11-12,14-15H2,1-2H3,(H,21,24). The highest BCUT2D eigenvalue weighted by Gasteiger charge is 2.23. The van der Waals surface area contributed by atoms with E-state index >= 15 is 0 Å². The molecule has 1 heterocycles. The number of sulfonamides is 1. The van der Waals surface area contributed by atoms with Gasteiger partial charge in [0.25, 0.3) is 0 Å². The van der Waals surface area contributed by atoms with E-state index in [0.29, 0.717) is 23.7 Å². The number of hydrogen-bond donors (Lipinski definition) is 1. The van der Waals surface area contributed by atoms with E-state index in [-0.39, 0.29) is 19.2 Å². The number of benzene rings is 2. The topological polar surface area (TPSA) is 88.2 Å². The molecule has 0 aromatic heterocycles. The number of nitrogens with one attached hydrogen (secondary N) is 1. The maximum atomic E-state index is 12.3. The Morgan fingerprint density at radius 3 is 2.52 bits per heavy atom. The second-order valence-electron chi connectivity index (χ2n) is 6.77. The number of nitrogens with zero attached hydrogens (tertiary/aromatic N) is 2. The van der Waals surface area contributed by atoms with Crippen LogP contribution in [0.1, 0.15) is 6.42 Å². The highest BCUT2D eigenvalue weighted by Crippen LogP contribution is 2.36. The second-order valence-corrected chi connectivity index (χ2v) is 8.67. The molecule has 0 saturated heterocycles. The van der Waals surface area contributed by atoms with Crippen LogP contribution in [0.3, 0.4) is 0 Å². The zero-order valence-electron chi connectivity index (χ0n) is 16.5. The van der Waals surface area contributed by atoms with Gasteiger partial charge in [0.05, 0.1) is 11.9 Å². The van der Waals surface area contributed by atoms with E-state index in [0.717, 1.165) is 29.2 Å². The summed E-state index contributed by atoms with van der Waals surface area (Å²) in [6, 6.07) is 14.7. The average molecular weight is 420 g/mol. The number of rotatable bonds is 9. The third kappa shape index (κ3) is 5.54. The van der Waals surface area contributed by atoms with Crippen LogP contribution in [0.25, 0.3) is 0 Å². The lowest BCUT2D eigenvalue weighted by Crippen LogP contribution is -2.41. The Morgan fingerprint density at radius 1 is 1.07 bits per heavy atom. The predicted octanol–water partition coefficient (Wildman–Crippen LogP) is 1.82. The first-order valence-corrected chi connectivity index (χ1v) is 11.1. The van der Waals surface area contributed by atoms with Gasteiger partial charge in [-0.05, 0) is 30.7 Å². The molecule has 0 fully saturated rings. The third-order valence-corrected chi connectivity index (χ3v) is 5.66. The van der Waals surface area contributed by atoms with Crippen molar-refractivity contribution in [3.63, 3.8) is 0 Å². The van der Waals surface area contributed by atoms with Gasteiger partial charge in [0.1, 0.15) is 6.54 Å². The SMILES string of the molecule is CN(CCCNC(=O)CN(c1ccc2c(c1)OCO2)S(C)(=O)=O)c1ccccc1. The first kappa shape index (κ1) is 20.8. The van der Waals surface area contributed by atoms with Crippen LogP contribution in [-0.2, 0) is 14.8 Å². The molecule has 0 atom stereocenters. The van der Waals surface area contributed by atoms with Gasteiger partial charge < -0.3 is 19.7 Å². The molecule has 156 valence electrons. The first-order valence-electron chi connectivity index (χ1n) is 9.25. The van der Waals surface area contributed by atoms with E-state index in [1.807, 2.05) is 37.4 Å². The molecule has 29 heavy (non-hydrogen) atoms. The maximum Gasteiger partial charge on any atom is 0.240 e. The number of amides is 1. The molecule has 0 bridgehead atoms. The van der Waals surface area contributed by atoms with Crippen molar-refractivity contribution in [1.29, 1.82) is 0 Å². The number of para-hydroxylation sites is 1. The smallest absolute Gasteiger partial charge is 0.240 e. The van der Waals surface area contributed by atoms with E-state index in [1.165, 1.54) is 0 Å². The van der Waals surface area contributed by atoms with Crippen molar-refractivity contribution < 1.29 is 22.7 Å². The van der Waals surface area contributed by atoms with Gasteiger partial charge in [0.2, 0.25) is 22.7 Å². The molecule has 1 aliphatic heterocycles. The molecule has 1 amide bonds. The number of fused-ring (bicyclic) bond motifs is 1. The van der Waals surface area contributed by atoms with E-state index in [4.69, 9.17) is 9.47 Å². The fraction of sp³-hybridized carbons (Fsp3) is 0.350. The Bertz CT molecular complexity index is 950. The van der Waals surface area contributed by atoms with E-state index in [2.05, 4.69) is 10.2 Å². The van der Waals surface area contributed by atoms with Gasteiger partial charge in [0, 0.05) is 31.9 Å². The van der Waals surface area contributed by atoms with Crippen molar-refractivity contribution in [2.75, 3.05) is 48.9 Å². The van der Waals surface area contributed by atoms with Crippen molar-refractivity contribution in [2.24, 2.45) is 0 Å². The summed E-state index contributed by atoms with van der Waals surface area (Å²) in [6.07, 6.45) is 1.81. The van der Waals surface area contributed by atoms with Gasteiger partial charge in [-0.3, -0.25) is 9.10 Å². The summed E-state index contributed by atoms with van der Waals surface area (Å²) in [5.74, 6) is 0.644. The minimum absolute atomic E-state index is 0.0928. The monoisotopic (exact) mass is 419 g/mol. The average Bonchev–Trinajstić information content (AvgIpc) is 3.17. The van der Waals surface area contributed by atoms with Gasteiger partial charge in [-0.2, -0.15) is 0 Å². The Morgan fingerprint density at radius 2 is 1.79 bits per heavy atom. The number of carbonyl (C=O) groups is 1. The van der Waals surface area contributed by atoms with Crippen LogP contribution < -0.4 is 24.0 Å². The van der Waals surface area contributed by atoms with Gasteiger partial charge >= 0.3 is 0 Å². The lowest BCUT2D eigenvalue weighted by atomic mass is 10.2. The van der Waals surface area contributed by atoms with Crippen LogP contribution in [0.15, 0.2) is 48.5 Å². The number of hydrogen-bond acceptors (Lipinski definition) is 6. The summed E-state index contributed by atoms with van der Waals surface area (Å²) in [7, 11) is -1.65. The highest BCUT2D eigenvalue weighted by molar-refractivity contribution is 7.92.